The summed E-state index contributed by atoms with van der Waals surface area (Å²) in [5.74, 6) is 0.507. The number of carbonyl (C=O) groups is 1. The number of benzene rings is 3. The molecule has 0 saturated carbocycles. The quantitative estimate of drug-likeness (QED) is 0.196. The van der Waals surface area contributed by atoms with Crippen LogP contribution in [0.4, 0.5) is 5.69 Å². The van der Waals surface area contributed by atoms with E-state index in [2.05, 4.69) is 6.92 Å². The van der Waals surface area contributed by atoms with Gasteiger partial charge in [-0.05, 0) is 73.4 Å². The van der Waals surface area contributed by atoms with E-state index < -0.39 is 15.9 Å². The van der Waals surface area contributed by atoms with E-state index in [9.17, 15) is 13.2 Å². The molecule has 0 saturated heterocycles. The third-order valence-electron chi connectivity index (χ3n) is 5.93. The molecule has 0 aromatic heterocycles. The van der Waals surface area contributed by atoms with Crippen LogP contribution in [0, 0.1) is 13.8 Å². The first-order chi connectivity index (χ1) is 17.8. The van der Waals surface area contributed by atoms with Crippen LogP contribution < -0.4 is 13.8 Å². The monoisotopic (exact) mass is 521 g/mol. The SMILES string of the molecule is CCCCCCOc1ccc(/C=C/C(=O)N(c2cc(C)ccc2C)S(=O)(=O)c2ccccc2)cc1OC. The van der Waals surface area contributed by atoms with Crippen molar-refractivity contribution in [1.82, 2.24) is 0 Å². The number of aryl methyl sites for hydroxylation is 2. The fourth-order valence-corrected chi connectivity index (χ4v) is 5.32. The maximum absolute atomic E-state index is 13.6. The van der Waals surface area contributed by atoms with Gasteiger partial charge in [0, 0.05) is 6.08 Å². The first-order valence-corrected chi connectivity index (χ1v) is 13.9. The number of anilines is 1. The number of hydrogen-bond acceptors (Lipinski definition) is 5. The zero-order valence-electron chi connectivity index (χ0n) is 21.9. The van der Waals surface area contributed by atoms with E-state index >= 15 is 0 Å². The molecule has 0 bridgehead atoms. The third kappa shape index (κ3) is 7.23. The Morgan fingerprint density at radius 2 is 1.68 bits per heavy atom. The molecule has 1 amide bonds. The first kappa shape index (κ1) is 28.0. The van der Waals surface area contributed by atoms with Crippen molar-refractivity contribution in [2.24, 2.45) is 0 Å². The maximum atomic E-state index is 13.6. The molecule has 0 aliphatic carbocycles. The third-order valence-corrected chi connectivity index (χ3v) is 7.65. The van der Waals surface area contributed by atoms with Gasteiger partial charge in [0.2, 0.25) is 0 Å². The number of sulfonamides is 1. The Kier molecular flexibility index (Phi) is 9.92. The van der Waals surface area contributed by atoms with Crippen molar-refractivity contribution in [3.05, 3.63) is 89.5 Å². The van der Waals surface area contributed by atoms with E-state index in [4.69, 9.17) is 9.47 Å². The molecule has 37 heavy (non-hydrogen) atoms. The molecule has 0 N–H and O–H groups in total. The van der Waals surface area contributed by atoms with Gasteiger partial charge in [-0.2, -0.15) is 4.31 Å². The van der Waals surface area contributed by atoms with Gasteiger partial charge in [0.05, 0.1) is 24.3 Å². The number of ether oxygens (including phenoxy) is 2. The lowest BCUT2D eigenvalue weighted by molar-refractivity contribution is -0.113. The zero-order chi connectivity index (χ0) is 26.8. The van der Waals surface area contributed by atoms with Gasteiger partial charge in [-0.15, -0.1) is 0 Å². The second-order valence-electron chi connectivity index (χ2n) is 8.86. The Balaban J connectivity index is 1.90. The number of methoxy groups -OCH3 is 1. The fourth-order valence-electron chi connectivity index (χ4n) is 3.86. The smallest absolute Gasteiger partial charge is 0.271 e. The summed E-state index contributed by atoms with van der Waals surface area (Å²) in [4.78, 5) is 13.5. The second-order valence-corrected chi connectivity index (χ2v) is 10.7. The van der Waals surface area contributed by atoms with Crippen LogP contribution in [-0.2, 0) is 14.8 Å². The zero-order valence-corrected chi connectivity index (χ0v) is 22.8. The van der Waals surface area contributed by atoms with Crippen LogP contribution in [-0.4, -0.2) is 28.0 Å². The maximum Gasteiger partial charge on any atom is 0.271 e. The van der Waals surface area contributed by atoms with Crippen LogP contribution in [0.2, 0.25) is 0 Å². The summed E-state index contributed by atoms with van der Waals surface area (Å²) >= 11 is 0. The van der Waals surface area contributed by atoms with Crippen molar-refractivity contribution in [2.75, 3.05) is 18.0 Å². The van der Waals surface area contributed by atoms with Gasteiger partial charge < -0.3 is 9.47 Å². The van der Waals surface area contributed by atoms with Gasteiger partial charge in [0.25, 0.3) is 15.9 Å². The van der Waals surface area contributed by atoms with E-state index in [0.717, 1.165) is 29.1 Å². The lowest BCUT2D eigenvalue weighted by Gasteiger charge is -2.23. The highest BCUT2D eigenvalue weighted by atomic mass is 32.2. The number of nitrogens with zero attached hydrogens (tertiary/aromatic N) is 1. The van der Waals surface area contributed by atoms with E-state index in [0.29, 0.717) is 34.9 Å². The largest absolute Gasteiger partial charge is 0.493 e. The second kappa shape index (κ2) is 13.1. The van der Waals surface area contributed by atoms with Crippen LogP contribution >= 0.6 is 0 Å². The fraction of sp³-hybridized carbons (Fsp3) is 0.300. The Bertz CT molecular complexity index is 1330. The molecule has 3 rings (SSSR count). The molecule has 3 aromatic carbocycles. The Morgan fingerprint density at radius 1 is 0.919 bits per heavy atom. The molecule has 0 aliphatic rings. The predicted molar refractivity (Wildman–Crippen MR) is 149 cm³/mol. The van der Waals surface area contributed by atoms with Crippen molar-refractivity contribution in [3.8, 4) is 11.5 Å². The van der Waals surface area contributed by atoms with Gasteiger partial charge in [-0.1, -0.05) is 62.6 Å². The van der Waals surface area contributed by atoms with Crippen molar-refractivity contribution in [3.63, 3.8) is 0 Å². The molecule has 0 radical (unpaired) electrons. The predicted octanol–water partition coefficient (Wildman–Crippen LogP) is 6.71. The van der Waals surface area contributed by atoms with Crippen molar-refractivity contribution >= 4 is 27.7 Å². The average molecular weight is 522 g/mol. The highest BCUT2D eigenvalue weighted by molar-refractivity contribution is 7.93. The molecule has 0 fully saturated rings. The minimum absolute atomic E-state index is 0.0414. The van der Waals surface area contributed by atoms with Gasteiger partial charge in [0.15, 0.2) is 11.5 Å². The minimum Gasteiger partial charge on any atom is -0.493 e. The molecule has 196 valence electrons. The molecule has 0 aliphatic heterocycles. The average Bonchev–Trinajstić information content (AvgIpc) is 2.90. The molecule has 6 nitrogen and oxygen atoms in total. The van der Waals surface area contributed by atoms with Crippen LogP contribution in [0.25, 0.3) is 6.08 Å². The molecule has 0 heterocycles. The van der Waals surface area contributed by atoms with Gasteiger partial charge in [-0.3, -0.25) is 4.79 Å². The summed E-state index contributed by atoms with van der Waals surface area (Å²) < 4.78 is 39.4. The van der Waals surface area contributed by atoms with Crippen LogP contribution in [0.3, 0.4) is 0 Å². The summed E-state index contributed by atoms with van der Waals surface area (Å²) in [6, 6.07) is 18.7. The summed E-state index contributed by atoms with van der Waals surface area (Å²) in [6.07, 6.45) is 7.27. The van der Waals surface area contributed by atoms with Crippen molar-refractivity contribution in [2.45, 2.75) is 51.3 Å². The van der Waals surface area contributed by atoms with Crippen LogP contribution in [0.1, 0.15) is 49.3 Å². The first-order valence-electron chi connectivity index (χ1n) is 12.5. The van der Waals surface area contributed by atoms with E-state index in [1.165, 1.54) is 24.6 Å². The van der Waals surface area contributed by atoms with Crippen molar-refractivity contribution in [1.29, 1.82) is 0 Å². The lowest BCUT2D eigenvalue weighted by Crippen LogP contribution is -2.36. The van der Waals surface area contributed by atoms with Crippen molar-refractivity contribution < 1.29 is 22.7 Å². The highest BCUT2D eigenvalue weighted by Crippen LogP contribution is 2.30. The number of unbranched alkanes of at least 4 members (excludes halogenated alkanes) is 3. The Morgan fingerprint density at radius 3 is 2.38 bits per heavy atom. The number of amides is 1. The number of hydrogen-bond donors (Lipinski definition) is 0. The van der Waals surface area contributed by atoms with Crippen LogP contribution in [0.5, 0.6) is 11.5 Å². The summed E-state index contributed by atoms with van der Waals surface area (Å²) in [6.45, 7) is 6.41. The molecular formula is C30H35NO5S. The number of rotatable bonds is 12. The van der Waals surface area contributed by atoms with E-state index in [1.54, 1.807) is 62.6 Å². The Hall–Kier alpha value is -3.58. The summed E-state index contributed by atoms with van der Waals surface area (Å²) in [5, 5.41) is 0. The molecule has 3 aromatic rings. The van der Waals surface area contributed by atoms with E-state index in [-0.39, 0.29) is 4.90 Å². The minimum atomic E-state index is -4.15. The standard InChI is InChI=1S/C30H35NO5S/c1-5-6-7-11-20-36-28-18-16-25(22-29(28)35-4)17-19-30(32)31(27-21-23(2)14-15-24(27)3)37(33,34)26-12-9-8-10-13-26/h8-10,12-19,21-22H,5-7,11,20H2,1-4H3/b19-17+. The van der Waals surface area contributed by atoms with Gasteiger partial charge in [-0.25, -0.2) is 8.42 Å². The lowest BCUT2D eigenvalue weighted by atomic mass is 10.1. The topological polar surface area (TPSA) is 72.9 Å². The highest BCUT2D eigenvalue weighted by Gasteiger charge is 2.30. The number of carbonyl (C=O) groups excluding carboxylic acids is 1. The normalized spacial score (nSPS) is 11.5. The molecule has 7 heteroatoms. The molecule has 0 unspecified atom stereocenters. The van der Waals surface area contributed by atoms with E-state index in [1.807, 2.05) is 19.1 Å². The molecule has 0 atom stereocenters. The van der Waals surface area contributed by atoms with Gasteiger partial charge in [0.1, 0.15) is 0 Å². The summed E-state index contributed by atoms with van der Waals surface area (Å²) in [7, 11) is -2.58. The molecular weight excluding hydrogens is 486 g/mol. The van der Waals surface area contributed by atoms with Crippen LogP contribution in [0.15, 0.2) is 77.7 Å². The van der Waals surface area contributed by atoms with Gasteiger partial charge >= 0.3 is 0 Å². The Labute approximate surface area is 220 Å². The molecule has 0 spiro atoms. The summed E-state index contributed by atoms with van der Waals surface area (Å²) in [5.41, 5.74) is 2.53.